The molecule has 1 aliphatic heterocycles. The van der Waals surface area contributed by atoms with Crippen molar-refractivity contribution < 1.29 is 18.9 Å². The molecule has 1 N–H and O–H groups in total. The lowest BCUT2D eigenvalue weighted by molar-refractivity contribution is 0.111. The highest BCUT2D eigenvalue weighted by atomic mass is 19.1. The van der Waals surface area contributed by atoms with Gasteiger partial charge in [-0.1, -0.05) is 6.07 Å². The summed E-state index contributed by atoms with van der Waals surface area (Å²) in [6.07, 6.45) is 0.440. The van der Waals surface area contributed by atoms with Gasteiger partial charge in [0.25, 0.3) is 0 Å². The Balaban J connectivity index is 2.64. The van der Waals surface area contributed by atoms with Gasteiger partial charge in [-0.2, -0.15) is 0 Å². The summed E-state index contributed by atoms with van der Waals surface area (Å²) in [5, 5.41) is 9.23. The molecule has 0 aromatic heterocycles. The van der Waals surface area contributed by atoms with E-state index in [2.05, 4.69) is 0 Å². The molecule has 0 bridgehead atoms. The maximum Gasteiger partial charge on any atom is 0.491 e. The number of carbonyl (C=O) groups excluding carboxylic acids is 1. The Kier molecular flexibility index (Phi) is 1.90. The summed E-state index contributed by atoms with van der Waals surface area (Å²) in [5.41, 5.74) is 0.903. The van der Waals surface area contributed by atoms with Gasteiger partial charge in [0.05, 0.1) is 12.2 Å². The molecule has 1 aromatic rings. The van der Waals surface area contributed by atoms with Crippen molar-refractivity contribution in [2.45, 2.75) is 6.61 Å². The Morgan fingerprint density at radius 2 is 2.38 bits per heavy atom. The van der Waals surface area contributed by atoms with E-state index in [1.54, 1.807) is 0 Å². The molecule has 0 radical (unpaired) electrons. The van der Waals surface area contributed by atoms with E-state index in [1.165, 1.54) is 6.07 Å². The number of aldehydes is 1. The zero-order valence-electron chi connectivity index (χ0n) is 6.66. The maximum atomic E-state index is 13.0. The van der Waals surface area contributed by atoms with Crippen LogP contribution in [0.15, 0.2) is 12.1 Å². The molecule has 2 rings (SSSR count). The summed E-state index contributed by atoms with van der Waals surface area (Å²) < 4.78 is 17.9. The molecule has 1 aromatic carbocycles. The third kappa shape index (κ3) is 1.17. The smallest absolute Gasteiger partial charge is 0.423 e. The summed E-state index contributed by atoms with van der Waals surface area (Å²) in [7, 11) is -1.03. The van der Waals surface area contributed by atoms with E-state index in [0.717, 1.165) is 6.07 Å². The highest BCUT2D eigenvalue weighted by Gasteiger charge is 2.30. The van der Waals surface area contributed by atoms with E-state index in [-0.39, 0.29) is 12.2 Å². The molecule has 0 unspecified atom stereocenters. The van der Waals surface area contributed by atoms with Crippen molar-refractivity contribution in [3.63, 3.8) is 0 Å². The molecular weight excluding hydrogens is 174 g/mol. The molecule has 0 atom stereocenters. The Morgan fingerprint density at radius 1 is 1.62 bits per heavy atom. The van der Waals surface area contributed by atoms with Crippen molar-refractivity contribution in [1.29, 1.82) is 0 Å². The van der Waals surface area contributed by atoms with E-state index in [1.807, 2.05) is 0 Å². The van der Waals surface area contributed by atoms with Gasteiger partial charge in [-0.15, -0.1) is 0 Å². The highest BCUT2D eigenvalue weighted by Crippen LogP contribution is 2.16. The summed E-state index contributed by atoms with van der Waals surface area (Å²) in [6.45, 7) is 0.0856. The van der Waals surface area contributed by atoms with Crippen LogP contribution in [0.25, 0.3) is 0 Å². The number of hydrogen-bond acceptors (Lipinski definition) is 3. The molecule has 13 heavy (non-hydrogen) atoms. The zero-order chi connectivity index (χ0) is 9.42. The first-order valence-corrected chi connectivity index (χ1v) is 3.80. The van der Waals surface area contributed by atoms with Gasteiger partial charge in [-0.05, 0) is 17.1 Å². The van der Waals surface area contributed by atoms with Crippen LogP contribution in [0.4, 0.5) is 4.39 Å². The Bertz CT molecular complexity index is 367. The lowest BCUT2D eigenvalue weighted by Gasteiger charge is -2.01. The van der Waals surface area contributed by atoms with Crippen molar-refractivity contribution in [2.75, 3.05) is 0 Å². The molecular formula is C8H6BFO3. The fraction of sp³-hybridized carbons (Fsp3) is 0.125. The predicted molar refractivity (Wildman–Crippen MR) is 44.2 cm³/mol. The first-order valence-electron chi connectivity index (χ1n) is 3.80. The van der Waals surface area contributed by atoms with Gasteiger partial charge in [0.2, 0.25) is 0 Å². The van der Waals surface area contributed by atoms with Crippen LogP contribution in [0.1, 0.15) is 15.9 Å². The van der Waals surface area contributed by atoms with Gasteiger partial charge in [0, 0.05) is 0 Å². The van der Waals surface area contributed by atoms with Crippen LogP contribution < -0.4 is 5.46 Å². The molecule has 1 heterocycles. The van der Waals surface area contributed by atoms with Gasteiger partial charge in [-0.3, -0.25) is 4.79 Å². The van der Waals surface area contributed by atoms with Crippen LogP contribution in [-0.2, 0) is 11.3 Å². The lowest BCUT2D eigenvalue weighted by Crippen LogP contribution is -2.28. The summed E-state index contributed by atoms with van der Waals surface area (Å²) in [6, 6.07) is 2.58. The molecule has 0 fully saturated rings. The minimum atomic E-state index is -1.03. The topological polar surface area (TPSA) is 46.5 Å². The molecule has 0 saturated carbocycles. The van der Waals surface area contributed by atoms with Crippen molar-refractivity contribution >= 4 is 18.9 Å². The van der Waals surface area contributed by atoms with Gasteiger partial charge < -0.3 is 9.68 Å². The summed E-state index contributed by atoms with van der Waals surface area (Å²) in [4.78, 5) is 10.5. The van der Waals surface area contributed by atoms with Crippen LogP contribution in [0, 0.1) is 5.82 Å². The van der Waals surface area contributed by atoms with Crippen LogP contribution in [-0.4, -0.2) is 18.4 Å². The van der Waals surface area contributed by atoms with Crippen molar-refractivity contribution in [3.05, 3.63) is 29.1 Å². The van der Waals surface area contributed by atoms with E-state index >= 15 is 0 Å². The molecule has 3 nitrogen and oxygen atoms in total. The van der Waals surface area contributed by atoms with Gasteiger partial charge >= 0.3 is 7.12 Å². The van der Waals surface area contributed by atoms with Gasteiger partial charge in [-0.25, -0.2) is 4.39 Å². The monoisotopic (exact) mass is 180 g/mol. The molecule has 0 amide bonds. The first kappa shape index (κ1) is 8.41. The second-order valence-electron chi connectivity index (χ2n) is 2.81. The zero-order valence-corrected chi connectivity index (χ0v) is 6.66. The van der Waals surface area contributed by atoms with Crippen LogP contribution in [0.3, 0.4) is 0 Å². The SMILES string of the molecule is O=Cc1c(F)ccc2c1COB2O. The van der Waals surface area contributed by atoms with Gasteiger partial charge in [0.1, 0.15) is 5.82 Å². The summed E-state index contributed by atoms with van der Waals surface area (Å²) >= 11 is 0. The standard InChI is InChI=1S/C8H6BFO3/c10-8-2-1-7-6(5(8)3-11)4-13-9(7)12/h1-3,12H,4H2. The number of halogens is 1. The van der Waals surface area contributed by atoms with Crippen molar-refractivity contribution in [2.24, 2.45) is 0 Å². The number of hydrogen-bond donors (Lipinski definition) is 1. The minimum absolute atomic E-state index is 0.0194. The molecule has 66 valence electrons. The van der Waals surface area contributed by atoms with E-state index in [9.17, 15) is 14.2 Å². The minimum Gasteiger partial charge on any atom is -0.423 e. The Morgan fingerprint density at radius 3 is 3.08 bits per heavy atom. The third-order valence-corrected chi connectivity index (χ3v) is 2.11. The first-order chi connectivity index (χ1) is 6.24. The largest absolute Gasteiger partial charge is 0.491 e. The Labute approximate surface area is 74.3 Å². The number of benzene rings is 1. The molecule has 5 heteroatoms. The molecule has 0 spiro atoms. The van der Waals surface area contributed by atoms with Crippen molar-refractivity contribution in [1.82, 2.24) is 0 Å². The summed E-state index contributed by atoms with van der Waals surface area (Å²) in [5.74, 6) is -0.577. The number of rotatable bonds is 1. The van der Waals surface area contributed by atoms with E-state index < -0.39 is 12.9 Å². The maximum absolute atomic E-state index is 13.0. The predicted octanol–water partition coefficient (Wildman–Crippen LogP) is -0.144. The average molecular weight is 180 g/mol. The average Bonchev–Trinajstić information content (AvgIpc) is 2.48. The van der Waals surface area contributed by atoms with Crippen LogP contribution >= 0.6 is 0 Å². The molecule has 1 aliphatic rings. The molecule has 0 aliphatic carbocycles. The van der Waals surface area contributed by atoms with Gasteiger partial charge in [0.15, 0.2) is 6.29 Å². The highest BCUT2D eigenvalue weighted by molar-refractivity contribution is 6.61. The third-order valence-electron chi connectivity index (χ3n) is 2.11. The molecule has 0 saturated heterocycles. The van der Waals surface area contributed by atoms with Crippen LogP contribution in [0.2, 0.25) is 0 Å². The number of fused-ring (bicyclic) bond motifs is 1. The second-order valence-corrected chi connectivity index (χ2v) is 2.81. The fourth-order valence-electron chi connectivity index (χ4n) is 1.42. The van der Waals surface area contributed by atoms with E-state index in [0.29, 0.717) is 17.3 Å². The normalized spacial score (nSPS) is 14.5. The Hall–Kier alpha value is -1.20. The second kappa shape index (κ2) is 2.94. The van der Waals surface area contributed by atoms with Crippen LogP contribution in [0.5, 0.6) is 0 Å². The van der Waals surface area contributed by atoms with Crippen molar-refractivity contribution in [3.8, 4) is 0 Å². The fourth-order valence-corrected chi connectivity index (χ4v) is 1.42. The lowest BCUT2D eigenvalue weighted by atomic mass is 9.78. The quantitative estimate of drug-likeness (QED) is 0.483. The number of carbonyl (C=O) groups is 1. The van der Waals surface area contributed by atoms with E-state index in [4.69, 9.17) is 4.65 Å².